The zero-order valence-corrected chi connectivity index (χ0v) is 20.5. The van der Waals surface area contributed by atoms with Crippen molar-refractivity contribution in [2.45, 2.75) is 45.3 Å². The number of aromatic nitrogens is 1. The third-order valence-electron chi connectivity index (χ3n) is 4.52. The molecule has 34 heavy (non-hydrogen) atoms. The standard InChI is InChI=1S/C21H25ClF3N2O6P/c1-5-30-34(29,31-6-2)20(4,26)18(28)13(3)32-15-7-9-16(10-8-15)33-19-17(22)11-14(12-27-19)21(23,24)25/h7-13H,5-6,26H2,1-4H3. The molecule has 2 N–H and O–H groups in total. The molecule has 0 aliphatic heterocycles. The number of nitrogens with two attached hydrogens (primary N) is 1. The fraction of sp³-hybridized carbons (Fsp3) is 0.429. The number of alkyl halides is 3. The van der Waals surface area contributed by atoms with E-state index in [0.29, 0.717) is 12.3 Å². The van der Waals surface area contributed by atoms with E-state index in [9.17, 15) is 22.5 Å². The third kappa shape index (κ3) is 6.49. The highest BCUT2D eigenvalue weighted by molar-refractivity contribution is 7.56. The first-order valence-corrected chi connectivity index (χ1v) is 12.1. The van der Waals surface area contributed by atoms with Gasteiger partial charge in [0.05, 0.1) is 18.8 Å². The first-order valence-electron chi connectivity index (χ1n) is 10.1. The molecule has 1 heterocycles. The molecule has 0 radical (unpaired) electrons. The number of pyridine rings is 1. The summed E-state index contributed by atoms with van der Waals surface area (Å²) in [5.41, 5.74) is 5.07. The number of hydrogen-bond acceptors (Lipinski definition) is 8. The molecule has 0 aliphatic rings. The smallest absolute Gasteiger partial charge is 0.417 e. The summed E-state index contributed by atoms with van der Waals surface area (Å²) in [6, 6.07) is 6.50. The number of carbonyl (C=O) groups is 1. The lowest BCUT2D eigenvalue weighted by Crippen LogP contribution is -2.51. The van der Waals surface area contributed by atoms with Gasteiger partial charge in [-0.1, -0.05) is 11.6 Å². The molecule has 0 saturated heterocycles. The van der Waals surface area contributed by atoms with Crippen molar-refractivity contribution >= 4 is 25.0 Å². The van der Waals surface area contributed by atoms with Crippen molar-refractivity contribution in [1.82, 2.24) is 4.98 Å². The summed E-state index contributed by atoms with van der Waals surface area (Å²) in [5.74, 6) is -0.452. The maximum absolute atomic E-state index is 13.0. The molecule has 13 heteroatoms. The SMILES string of the molecule is CCOP(=O)(OCC)C(C)(N)C(=O)C(C)Oc1ccc(Oc2ncc(C(F)(F)F)cc2Cl)cc1. The molecule has 1 aromatic carbocycles. The fourth-order valence-corrected chi connectivity index (χ4v) is 4.75. The van der Waals surface area contributed by atoms with E-state index in [0.717, 1.165) is 0 Å². The molecule has 0 aliphatic carbocycles. The lowest BCUT2D eigenvalue weighted by atomic mass is 10.1. The maximum Gasteiger partial charge on any atom is 0.417 e. The van der Waals surface area contributed by atoms with Gasteiger partial charge in [0.2, 0.25) is 11.7 Å². The van der Waals surface area contributed by atoms with Crippen LogP contribution in [0.15, 0.2) is 36.5 Å². The first-order chi connectivity index (χ1) is 15.7. The number of Topliss-reactive ketones (excluding diaryl/α,β-unsaturated/α-hetero) is 1. The zero-order valence-electron chi connectivity index (χ0n) is 18.9. The van der Waals surface area contributed by atoms with Crippen LogP contribution in [0.5, 0.6) is 17.4 Å². The Labute approximate surface area is 200 Å². The number of ketones is 1. The Hall–Kier alpha value is -2.17. The van der Waals surface area contributed by atoms with Crippen molar-refractivity contribution in [3.63, 3.8) is 0 Å². The lowest BCUT2D eigenvalue weighted by molar-refractivity contribution is -0.137. The second-order valence-electron chi connectivity index (χ2n) is 7.19. The molecule has 8 nitrogen and oxygen atoms in total. The van der Waals surface area contributed by atoms with Crippen molar-refractivity contribution < 1.29 is 41.1 Å². The van der Waals surface area contributed by atoms with Gasteiger partial charge in [0.25, 0.3) is 0 Å². The molecule has 2 unspecified atom stereocenters. The van der Waals surface area contributed by atoms with Gasteiger partial charge >= 0.3 is 13.8 Å². The number of halogens is 4. The van der Waals surface area contributed by atoms with Crippen molar-refractivity contribution in [2.75, 3.05) is 13.2 Å². The quantitative estimate of drug-likeness (QED) is 0.366. The number of rotatable bonds is 11. The minimum atomic E-state index is -4.58. The summed E-state index contributed by atoms with van der Waals surface area (Å²) < 4.78 is 72.6. The summed E-state index contributed by atoms with van der Waals surface area (Å²) in [5, 5.41) is -2.27. The molecule has 2 rings (SSSR count). The Morgan fingerprint density at radius 2 is 1.68 bits per heavy atom. The lowest BCUT2D eigenvalue weighted by Gasteiger charge is -2.32. The van der Waals surface area contributed by atoms with Gasteiger partial charge in [-0.2, -0.15) is 13.2 Å². The molecular formula is C21H25ClF3N2O6P. The molecule has 2 aromatic rings. The summed E-state index contributed by atoms with van der Waals surface area (Å²) in [6.45, 7) is 5.97. The number of ether oxygens (including phenoxy) is 2. The van der Waals surface area contributed by atoms with Gasteiger partial charge < -0.3 is 24.3 Å². The Bertz CT molecular complexity index is 1040. The third-order valence-corrected chi connectivity index (χ3v) is 7.35. The molecule has 0 spiro atoms. The van der Waals surface area contributed by atoms with Crippen LogP contribution in [0.4, 0.5) is 13.2 Å². The van der Waals surface area contributed by atoms with Gasteiger partial charge in [0, 0.05) is 6.20 Å². The predicted octanol–water partition coefficient (Wildman–Crippen LogP) is 5.82. The Morgan fingerprint density at radius 3 is 2.15 bits per heavy atom. The highest BCUT2D eigenvalue weighted by Crippen LogP contribution is 2.58. The molecule has 0 bridgehead atoms. The molecule has 0 amide bonds. The molecule has 0 fully saturated rings. The largest absolute Gasteiger partial charge is 0.483 e. The van der Waals surface area contributed by atoms with Crippen molar-refractivity contribution in [2.24, 2.45) is 5.73 Å². The summed E-state index contributed by atoms with van der Waals surface area (Å²) in [4.78, 5) is 16.5. The minimum Gasteiger partial charge on any atom is -0.483 e. The number of hydrogen-bond donors (Lipinski definition) is 1. The van der Waals surface area contributed by atoms with Crippen LogP contribution in [0.3, 0.4) is 0 Å². The average Bonchev–Trinajstić information content (AvgIpc) is 2.75. The average molecular weight is 525 g/mol. The highest BCUT2D eigenvalue weighted by Gasteiger charge is 2.52. The van der Waals surface area contributed by atoms with E-state index in [4.69, 9.17) is 35.9 Å². The summed E-state index contributed by atoms with van der Waals surface area (Å²) in [7, 11) is -3.96. The van der Waals surface area contributed by atoms with Gasteiger partial charge in [-0.25, -0.2) is 4.98 Å². The van der Waals surface area contributed by atoms with E-state index >= 15 is 0 Å². The molecule has 0 saturated carbocycles. The van der Waals surface area contributed by atoms with Crippen LogP contribution < -0.4 is 15.2 Å². The monoisotopic (exact) mass is 524 g/mol. The van der Waals surface area contributed by atoms with Crippen molar-refractivity contribution in [1.29, 1.82) is 0 Å². The van der Waals surface area contributed by atoms with E-state index in [1.54, 1.807) is 13.8 Å². The van der Waals surface area contributed by atoms with Crippen LogP contribution in [-0.2, 0) is 24.6 Å². The highest BCUT2D eigenvalue weighted by atomic mass is 35.5. The first kappa shape index (κ1) is 28.1. The van der Waals surface area contributed by atoms with E-state index in [1.807, 2.05) is 0 Å². The van der Waals surface area contributed by atoms with Crippen molar-refractivity contribution in [3.8, 4) is 17.4 Å². The van der Waals surface area contributed by atoms with Gasteiger partial charge in [-0.3, -0.25) is 9.36 Å². The number of benzene rings is 1. The number of carbonyl (C=O) groups excluding carboxylic acids is 1. The molecule has 2 atom stereocenters. The second kappa shape index (κ2) is 11.0. The fourth-order valence-electron chi connectivity index (χ4n) is 2.80. The molecular weight excluding hydrogens is 500 g/mol. The normalized spacial score (nSPS) is 14.9. The summed E-state index contributed by atoms with van der Waals surface area (Å²) in [6.07, 6.45) is -5.08. The number of nitrogens with zero attached hydrogens (tertiary/aromatic N) is 1. The Balaban J connectivity index is 2.11. The van der Waals surface area contributed by atoms with Crippen LogP contribution in [0, 0.1) is 0 Å². The minimum absolute atomic E-state index is 0.0336. The van der Waals surface area contributed by atoms with E-state index in [2.05, 4.69) is 4.98 Å². The Kier molecular flexibility index (Phi) is 9.12. The summed E-state index contributed by atoms with van der Waals surface area (Å²) >= 11 is 5.84. The van der Waals surface area contributed by atoms with Gasteiger partial charge in [-0.15, -0.1) is 0 Å². The molecule has 1 aromatic heterocycles. The van der Waals surface area contributed by atoms with Crippen LogP contribution in [0.2, 0.25) is 5.02 Å². The van der Waals surface area contributed by atoms with Gasteiger partial charge in [0.15, 0.2) is 11.4 Å². The topological polar surface area (TPSA) is 110 Å². The van der Waals surface area contributed by atoms with E-state index in [1.165, 1.54) is 38.1 Å². The Morgan fingerprint density at radius 1 is 1.15 bits per heavy atom. The van der Waals surface area contributed by atoms with Crippen LogP contribution >= 0.6 is 19.2 Å². The zero-order chi connectivity index (χ0) is 25.7. The van der Waals surface area contributed by atoms with Crippen LogP contribution in [0.1, 0.15) is 33.3 Å². The molecule has 188 valence electrons. The predicted molar refractivity (Wildman–Crippen MR) is 119 cm³/mol. The maximum atomic E-state index is 13.0. The van der Waals surface area contributed by atoms with Crippen LogP contribution in [-0.4, -0.2) is 35.4 Å². The van der Waals surface area contributed by atoms with E-state index < -0.39 is 36.5 Å². The van der Waals surface area contributed by atoms with Gasteiger partial charge in [0.1, 0.15) is 16.5 Å². The van der Waals surface area contributed by atoms with E-state index in [-0.39, 0.29) is 35.6 Å². The van der Waals surface area contributed by atoms with Crippen molar-refractivity contribution in [3.05, 3.63) is 47.1 Å². The second-order valence-corrected chi connectivity index (χ2v) is 10.0. The van der Waals surface area contributed by atoms with Crippen LogP contribution in [0.25, 0.3) is 0 Å². The van der Waals surface area contributed by atoms with Gasteiger partial charge in [-0.05, 0) is 58.0 Å².